The largest absolute Gasteiger partial charge is 0.493 e. The number of nitrogens with one attached hydrogen (secondary N) is 1. The molecular formula is C24H21ClN4O4. The number of aryl methyl sites for hydroxylation is 1. The number of nitrogens with zero attached hydrogens (tertiary/aromatic N) is 3. The molecule has 4 rings (SSSR count). The zero-order chi connectivity index (χ0) is 23.0. The van der Waals surface area contributed by atoms with Crippen LogP contribution in [0, 0.1) is 0 Å². The van der Waals surface area contributed by atoms with Crippen molar-refractivity contribution in [2.75, 3.05) is 12.4 Å². The number of halogens is 1. The van der Waals surface area contributed by atoms with Gasteiger partial charge in [-0.3, -0.25) is 9.78 Å². The predicted molar refractivity (Wildman–Crippen MR) is 123 cm³/mol. The molecule has 0 aliphatic rings. The Morgan fingerprint density at radius 2 is 1.97 bits per heavy atom. The summed E-state index contributed by atoms with van der Waals surface area (Å²) in [6.45, 7) is 0.328. The Morgan fingerprint density at radius 3 is 2.73 bits per heavy atom. The van der Waals surface area contributed by atoms with Crippen LogP contribution in [0.2, 0.25) is 5.02 Å². The maximum absolute atomic E-state index is 12.4. The molecule has 8 nitrogen and oxygen atoms in total. The fraction of sp³-hybridized carbons (Fsp3) is 0.167. The van der Waals surface area contributed by atoms with Gasteiger partial charge in [-0.15, -0.1) is 0 Å². The minimum Gasteiger partial charge on any atom is -0.493 e. The van der Waals surface area contributed by atoms with Crippen LogP contribution in [0.4, 0.5) is 5.69 Å². The van der Waals surface area contributed by atoms with E-state index in [2.05, 4.69) is 20.4 Å². The number of aromatic nitrogens is 3. The molecule has 9 heteroatoms. The van der Waals surface area contributed by atoms with Crippen molar-refractivity contribution in [1.29, 1.82) is 0 Å². The van der Waals surface area contributed by atoms with E-state index < -0.39 is 0 Å². The third-order valence-corrected chi connectivity index (χ3v) is 4.95. The molecule has 0 aliphatic heterocycles. The van der Waals surface area contributed by atoms with Gasteiger partial charge in [0.25, 0.3) is 0 Å². The quantitative estimate of drug-likeness (QED) is 0.374. The van der Waals surface area contributed by atoms with Crippen LogP contribution in [-0.4, -0.2) is 28.1 Å². The summed E-state index contributed by atoms with van der Waals surface area (Å²) in [4.78, 5) is 20.9. The van der Waals surface area contributed by atoms with Crippen LogP contribution in [0.5, 0.6) is 11.5 Å². The molecule has 1 N–H and O–H groups in total. The van der Waals surface area contributed by atoms with E-state index in [1.807, 2.05) is 12.1 Å². The van der Waals surface area contributed by atoms with Crippen molar-refractivity contribution in [1.82, 2.24) is 15.1 Å². The summed E-state index contributed by atoms with van der Waals surface area (Å²) in [7, 11) is 1.56. The molecule has 0 fully saturated rings. The Balaban J connectivity index is 1.34. The lowest BCUT2D eigenvalue weighted by molar-refractivity contribution is -0.116. The normalized spacial score (nSPS) is 10.6. The number of anilines is 1. The third kappa shape index (κ3) is 6.08. The van der Waals surface area contributed by atoms with E-state index in [-0.39, 0.29) is 12.3 Å². The standard InChI is InChI=1S/C24H21ClN4O4/c1-31-20-9-8-19(13-21(20)32-15-16-3-2-12-26-14-16)27-22(30)10-11-23-28-24(29-33-23)17-4-6-18(25)7-5-17/h2-9,12-14H,10-11,15H2,1H3,(H,27,30). The number of methoxy groups -OCH3 is 1. The lowest BCUT2D eigenvalue weighted by Crippen LogP contribution is -2.12. The number of carbonyl (C=O) groups excluding carboxylic acids is 1. The number of hydrogen-bond donors (Lipinski definition) is 1. The molecule has 2 heterocycles. The highest BCUT2D eigenvalue weighted by Crippen LogP contribution is 2.31. The van der Waals surface area contributed by atoms with Gasteiger partial charge in [0.1, 0.15) is 6.61 Å². The van der Waals surface area contributed by atoms with E-state index in [4.69, 9.17) is 25.6 Å². The molecule has 2 aromatic heterocycles. The van der Waals surface area contributed by atoms with E-state index in [0.29, 0.717) is 47.0 Å². The number of ether oxygens (including phenoxy) is 2. The van der Waals surface area contributed by atoms with Gasteiger partial charge < -0.3 is 19.3 Å². The van der Waals surface area contributed by atoms with Crippen LogP contribution >= 0.6 is 11.6 Å². The highest BCUT2D eigenvalue weighted by Gasteiger charge is 2.12. The first-order valence-corrected chi connectivity index (χ1v) is 10.6. The van der Waals surface area contributed by atoms with Crippen molar-refractivity contribution < 1.29 is 18.8 Å². The topological polar surface area (TPSA) is 99.4 Å². The van der Waals surface area contributed by atoms with Crippen molar-refractivity contribution in [2.45, 2.75) is 19.4 Å². The summed E-state index contributed by atoms with van der Waals surface area (Å²) in [6.07, 6.45) is 3.92. The summed E-state index contributed by atoms with van der Waals surface area (Å²) in [5.74, 6) is 1.73. The zero-order valence-corrected chi connectivity index (χ0v) is 18.6. The van der Waals surface area contributed by atoms with Gasteiger partial charge in [0.2, 0.25) is 17.6 Å². The van der Waals surface area contributed by atoms with Crippen LogP contribution in [-0.2, 0) is 17.8 Å². The average molecular weight is 465 g/mol. The summed E-state index contributed by atoms with van der Waals surface area (Å²) in [5, 5.41) is 7.44. The van der Waals surface area contributed by atoms with Crippen molar-refractivity contribution in [2.24, 2.45) is 0 Å². The second-order valence-electron chi connectivity index (χ2n) is 7.08. The van der Waals surface area contributed by atoms with Crippen molar-refractivity contribution in [3.05, 3.63) is 83.5 Å². The number of pyridine rings is 1. The number of benzene rings is 2. The van der Waals surface area contributed by atoms with Gasteiger partial charge in [0.05, 0.1) is 7.11 Å². The molecule has 33 heavy (non-hydrogen) atoms. The Hall–Kier alpha value is -3.91. The smallest absolute Gasteiger partial charge is 0.227 e. The minimum atomic E-state index is -0.190. The van der Waals surface area contributed by atoms with Gasteiger partial charge in [0, 0.05) is 53.1 Å². The molecule has 168 valence electrons. The second-order valence-corrected chi connectivity index (χ2v) is 7.52. The first-order valence-electron chi connectivity index (χ1n) is 10.2. The first-order chi connectivity index (χ1) is 16.1. The average Bonchev–Trinajstić information content (AvgIpc) is 3.32. The summed E-state index contributed by atoms with van der Waals surface area (Å²) in [5.41, 5.74) is 2.30. The summed E-state index contributed by atoms with van der Waals surface area (Å²) >= 11 is 5.90. The van der Waals surface area contributed by atoms with Gasteiger partial charge in [0.15, 0.2) is 11.5 Å². The molecule has 0 radical (unpaired) electrons. The monoisotopic (exact) mass is 464 g/mol. The molecule has 0 atom stereocenters. The number of amides is 1. The minimum absolute atomic E-state index is 0.181. The Kier molecular flexibility index (Phi) is 7.16. The molecular weight excluding hydrogens is 444 g/mol. The molecule has 0 aliphatic carbocycles. The molecule has 0 spiro atoms. The maximum atomic E-state index is 12.4. The highest BCUT2D eigenvalue weighted by molar-refractivity contribution is 6.30. The van der Waals surface area contributed by atoms with Gasteiger partial charge in [-0.25, -0.2) is 0 Å². The second kappa shape index (κ2) is 10.6. The number of rotatable bonds is 9. The van der Waals surface area contributed by atoms with Crippen molar-refractivity contribution >= 4 is 23.2 Å². The summed E-state index contributed by atoms with van der Waals surface area (Å²) in [6, 6.07) is 16.1. The molecule has 2 aromatic carbocycles. The van der Waals surface area contributed by atoms with Crippen LogP contribution in [0.15, 0.2) is 71.5 Å². The lowest BCUT2D eigenvalue weighted by Gasteiger charge is -2.13. The van der Waals surface area contributed by atoms with E-state index in [1.165, 1.54) is 0 Å². The zero-order valence-electron chi connectivity index (χ0n) is 17.8. The van der Waals surface area contributed by atoms with Crippen LogP contribution < -0.4 is 14.8 Å². The first kappa shape index (κ1) is 22.3. The molecule has 0 bridgehead atoms. The summed E-state index contributed by atoms with van der Waals surface area (Å²) < 4.78 is 16.5. The Morgan fingerprint density at radius 1 is 1.12 bits per heavy atom. The molecule has 0 unspecified atom stereocenters. The van der Waals surface area contributed by atoms with E-state index in [0.717, 1.165) is 11.1 Å². The predicted octanol–water partition coefficient (Wildman–Crippen LogP) is 4.94. The van der Waals surface area contributed by atoms with E-state index in [1.54, 1.807) is 62.0 Å². The highest BCUT2D eigenvalue weighted by atomic mass is 35.5. The van der Waals surface area contributed by atoms with Crippen LogP contribution in [0.3, 0.4) is 0 Å². The SMILES string of the molecule is COc1ccc(NC(=O)CCc2nc(-c3ccc(Cl)cc3)no2)cc1OCc1cccnc1. The van der Waals surface area contributed by atoms with Gasteiger partial charge in [-0.2, -0.15) is 4.98 Å². The van der Waals surface area contributed by atoms with E-state index in [9.17, 15) is 4.79 Å². The van der Waals surface area contributed by atoms with Gasteiger partial charge >= 0.3 is 0 Å². The Labute approximate surface area is 195 Å². The van der Waals surface area contributed by atoms with Gasteiger partial charge in [-0.05, 0) is 42.5 Å². The van der Waals surface area contributed by atoms with Crippen molar-refractivity contribution in [3.63, 3.8) is 0 Å². The molecule has 4 aromatic rings. The van der Waals surface area contributed by atoms with Crippen LogP contribution in [0.25, 0.3) is 11.4 Å². The van der Waals surface area contributed by atoms with E-state index >= 15 is 0 Å². The molecule has 1 amide bonds. The van der Waals surface area contributed by atoms with Crippen molar-refractivity contribution in [3.8, 4) is 22.9 Å². The third-order valence-electron chi connectivity index (χ3n) is 4.70. The Bertz CT molecular complexity index is 1210. The fourth-order valence-electron chi connectivity index (χ4n) is 3.03. The molecule has 0 saturated heterocycles. The maximum Gasteiger partial charge on any atom is 0.227 e. The van der Waals surface area contributed by atoms with Gasteiger partial charge in [-0.1, -0.05) is 22.8 Å². The van der Waals surface area contributed by atoms with Crippen LogP contribution in [0.1, 0.15) is 17.9 Å². The lowest BCUT2D eigenvalue weighted by atomic mass is 10.2. The number of carbonyl (C=O) groups is 1. The molecule has 0 saturated carbocycles. The number of hydrogen-bond acceptors (Lipinski definition) is 7. The fourth-order valence-corrected chi connectivity index (χ4v) is 3.15.